The molecule has 0 spiro atoms. The Labute approximate surface area is 110 Å². The van der Waals surface area contributed by atoms with Crippen LogP contribution >= 0.6 is 0 Å². The van der Waals surface area contributed by atoms with E-state index in [-0.39, 0.29) is 5.54 Å². The van der Waals surface area contributed by atoms with Crippen molar-refractivity contribution < 1.29 is 8.42 Å². The molecule has 4 nitrogen and oxygen atoms in total. The lowest BCUT2D eigenvalue weighted by Crippen LogP contribution is -2.62. The van der Waals surface area contributed by atoms with Gasteiger partial charge in [0.1, 0.15) is 0 Å². The molecule has 18 heavy (non-hydrogen) atoms. The largest absolute Gasteiger partial charge is 0.298 e. The van der Waals surface area contributed by atoms with Crippen LogP contribution in [0.25, 0.3) is 0 Å². The van der Waals surface area contributed by atoms with E-state index in [1.807, 2.05) is 0 Å². The molecule has 0 aromatic carbocycles. The van der Waals surface area contributed by atoms with Gasteiger partial charge in [0, 0.05) is 30.7 Å². The van der Waals surface area contributed by atoms with Crippen LogP contribution in [0.3, 0.4) is 0 Å². The molecule has 104 valence electrons. The van der Waals surface area contributed by atoms with Gasteiger partial charge in [0.2, 0.25) is 0 Å². The monoisotopic (exact) mass is 272 g/mol. The van der Waals surface area contributed by atoms with E-state index in [0.29, 0.717) is 23.6 Å². The molecule has 0 aromatic rings. The van der Waals surface area contributed by atoms with Crippen LogP contribution in [0.5, 0.6) is 0 Å². The molecule has 3 aliphatic rings. The van der Waals surface area contributed by atoms with E-state index >= 15 is 0 Å². The average molecular weight is 272 g/mol. The quantitative estimate of drug-likeness (QED) is 0.706. The van der Waals surface area contributed by atoms with E-state index in [0.717, 1.165) is 19.5 Å². The fourth-order valence-electron chi connectivity index (χ4n) is 4.16. The summed E-state index contributed by atoms with van der Waals surface area (Å²) in [6.45, 7) is 7.81. The molecule has 0 aliphatic carbocycles. The van der Waals surface area contributed by atoms with Crippen LogP contribution in [0.4, 0.5) is 0 Å². The van der Waals surface area contributed by atoms with Gasteiger partial charge in [0.25, 0.3) is 0 Å². The molecule has 3 saturated heterocycles. The maximum absolute atomic E-state index is 11.8. The highest BCUT2D eigenvalue weighted by Gasteiger charge is 2.47. The van der Waals surface area contributed by atoms with Crippen LogP contribution in [0.2, 0.25) is 0 Å². The van der Waals surface area contributed by atoms with Crippen molar-refractivity contribution in [1.82, 2.24) is 9.80 Å². The Morgan fingerprint density at radius 2 is 2.06 bits per heavy atom. The first-order valence-corrected chi connectivity index (χ1v) is 8.93. The van der Waals surface area contributed by atoms with Crippen LogP contribution in [0.1, 0.15) is 33.1 Å². The summed E-state index contributed by atoms with van der Waals surface area (Å²) < 4.78 is 23.6. The first-order valence-electron chi connectivity index (χ1n) is 7.11. The Hall–Kier alpha value is -0.130. The van der Waals surface area contributed by atoms with Crippen molar-refractivity contribution in [2.24, 2.45) is 0 Å². The van der Waals surface area contributed by atoms with E-state index in [1.54, 1.807) is 0 Å². The highest BCUT2D eigenvalue weighted by molar-refractivity contribution is 7.91. The van der Waals surface area contributed by atoms with Crippen molar-refractivity contribution >= 4 is 9.84 Å². The standard InChI is InChI=1S/C13H24N2O2S/c1-11-8-14-6-3-4-12(14)9-15(11)13(2)5-7-18(16,17)10-13/h11-12H,3-10H2,1-2H3. The Balaban J connectivity index is 1.79. The number of sulfone groups is 1. The Morgan fingerprint density at radius 1 is 1.28 bits per heavy atom. The molecule has 5 heteroatoms. The van der Waals surface area contributed by atoms with E-state index < -0.39 is 9.84 Å². The van der Waals surface area contributed by atoms with Crippen molar-refractivity contribution in [1.29, 1.82) is 0 Å². The van der Waals surface area contributed by atoms with Crippen LogP contribution < -0.4 is 0 Å². The third-order valence-corrected chi connectivity index (χ3v) is 7.00. The summed E-state index contributed by atoms with van der Waals surface area (Å²) in [5.74, 6) is 0.734. The van der Waals surface area contributed by atoms with Gasteiger partial charge in [-0.2, -0.15) is 0 Å². The smallest absolute Gasteiger partial charge is 0.152 e. The number of nitrogens with zero attached hydrogens (tertiary/aromatic N) is 2. The van der Waals surface area contributed by atoms with Gasteiger partial charge < -0.3 is 0 Å². The third kappa shape index (κ3) is 2.10. The van der Waals surface area contributed by atoms with Gasteiger partial charge in [-0.05, 0) is 39.7 Å². The molecular weight excluding hydrogens is 248 g/mol. The predicted octanol–water partition coefficient (Wildman–Crippen LogP) is 0.732. The molecule has 0 aromatic heterocycles. The molecule has 0 radical (unpaired) electrons. The molecule has 3 heterocycles. The minimum Gasteiger partial charge on any atom is -0.298 e. The molecule has 3 unspecified atom stereocenters. The zero-order valence-electron chi connectivity index (χ0n) is 11.4. The van der Waals surface area contributed by atoms with Gasteiger partial charge >= 0.3 is 0 Å². The first kappa shape index (κ1) is 12.9. The Kier molecular flexibility index (Phi) is 2.99. The van der Waals surface area contributed by atoms with E-state index in [1.165, 1.54) is 19.4 Å². The van der Waals surface area contributed by atoms with Crippen LogP contribution in [0, 0.1) is 0 Å². The van der Waals surface area contributed by atoms with E-state index in [9.17, 15) is 8.42 Å². The van der Waals surface area contributed by atoms with Crippen LogP contribution in [0.15, 0.2) is 0 Å². The fourth-order valence-corrected chi connectivity index (χ4v) is 6.31. The fraction of sp³-hybridized carbons (Fsp3) is 1.00. The second kappa shape index (κ2) is 4.18. The topological polar surface area (TPSA) is 40.6 Å². The second-order valence-electron chi connectivity index (χ2n) is 6.63. The van der Waals surface area contributed by atoms with Crippen LogP contribution in [-0.2, 0) is 9.84 Å². The SMILES string of the molecule is CC1CN2CCCC2CN1C1(C)CCS(=O)(=O)C1. The molecule has 3 atom stereocenters. The normalized spacial score (nSPS) is 45.2. The lowest BCUT2D eigenvalue weighted by atomic mass is 9.94. The maximum Gasteiger partial charge on any atom is 0.152 e. The number of fused-ring (bicyclic) bond motifs is 1. The van der Waals surface area contributed by atoms with E-state index in [2.05, 4.69) is 23.6 Å². The lowest BCUT2D eigenvalue weighted by molar-refractivity contribution is -0.00511. The molecule has 3 aliphatic heterocycles. The van der Waals surface area contributed by atoms with Gasteiger partial charge in [-0.15, -0.1) is 0 Å². The summed E-state index contributed by atoms with van der Waals surface area (Å²) in [7, 11) is -2.80. The number of rotatable bonds is 1. The maximum atomic E-state index is 11.8. The molecular formula is C13H24N2O2S. The molecule has 3 rings (SSSR count). The zero-order valence-corrected chi connectivity index (χ0v) is 12.2. The average Bonchev–Trinajstić information content (AvgIpc) is 2.82. The second-order valence-corrected chi connectivity index (χ2v) is 8.82. The highest BCUT2D eigenvalue weighted by atomic mass is 32.2. The van der Waals surface area contributed by atoms with Crippen molar-refractivity contribution in [3.63, 3.8) is 0 Å². The highest BCUT2D eigenvalue weighted by Crippen LogP contribution is 2.35. The summed E-state index contributed by atoms with van der Waals surface area (Å²) in [4.78, 5) is 5.08. The minimum absolute atomic E-state index is 0.118. The van der Waals surface area contributed by atoms with Gasteiger partial charge in [0.05, 0.1) is 11.5 Å². The molecule has 3 fully saturated rings. The van der Waals surface area contributed by atoms with Crippen molar-refractivity contribution in [3.05, 3.63) is 0 Å². The summed E-state index contributed by atoms with van der Waals surface area (Å²) >= 11 is 0. The van der Waals surface area contributed by atoms with Gasteiger partial charge in [0.15, 0.2) is 9.84 Å². The van der Waals surface area contributed by atoms with Gasteiger partial charge in [-0.3, -0.25) is 9.80 Å². The predicted molar refractivity (Wildman–Crippen MR) is 72.4 cm³/mol. The van der Waals surface area contributed by atoms with Crippen molar-refractivity contribution in [3.8, 4) is 0 Å². The first-order chi connectivity index (χ1) is 8.40. The summed E-state index contributed by atoms with van der Waals surface area (Å²) in [6.07, 6.45) is 3.40. The number of hydrogen-bond donors (Lipinski definition) is 0. The van der Waals surface area contributed by atoms with Crippen molar-refractivity contribution in [2.75, 3.05) is 31.1 Å². The lowest BCUT2D eigenvalue weighted by Gasteiger charge is -2.49. The number of hydrogen-bond acceptors (Lipinski definition) is 4. The Bertz CT molecular complexity index is 436. The number of piperazine rings is 1. The summed E-state index contributed by atoms with van der Waals surface area (Å²) in [5.41, 5.74) is -0.118. The molecule has 0 amide bonds. The third-order valence-electron chi connectivity index (χ3n) is 5.11. The van der Waals surface area contributed by atoms with Crippen molar-refractivity contribution in [2.45, 2.75) is 50.7 Å². The van der Waals surface area contributed by atoms with Crippen LogP contribution in [-0.4, -0.2) is 67.0 Å². The molecule has 0 N–H and O–H groups in total. The van der Waals surface area contributed by atoms with Gasteiger partial charge in [-0.1, -0.05) is 0 Å². The summed E-state index contributed by atoms with van der Waals surface area (Å²) in [6, 6.07) is 1.15. The zero-order chi connectivity index (χ0) is 13.0. The van der Waals surface area contributed by atoms with Gasteiger partial charge in [-0.25, -0.2) is 8.42 Å². The molecule has 0 bridgehead atoms. The minimum atomic E-state index is -2.80. The molecule has 0 saturated carbocycles. The van der Waals surface area contributed by atoms with E-state index in [4.69, 9.17) is 0 Å². The Morgan fingerprint density at radius 3 is 2.72 bits per heavy atom. The summed E-state index contributed by atoms with van der Waals surface area (Å²) in [5, 5.41) is 0.